The van der Waals surface area contributed by atoms with Crippen LogP contribution < -0.4 is 15.8 Å². The van der Waals surface area contributed by atoms with Crippen molar-refractivity contribution in [3.63, 3.8) is 0 Å². The molecule has 1 aromatic heterocycles. The summed E-state index contributed by atoms with van der Waals surface area (Å²) in [7, 11) is 1.77. The Balaban J connectivity index is 2.71. The van der Waals surface area contributed by atoms with Crippen molar-refractivity contribution in [1.82, 2.24) is 9.97 Å². The summed E-state index contributed by atoms with van der Waals surface area (Å²) in [6.07, 6.45) is 0. The van der Waals surface area contributed by atoms with Crippen LogP contribution in [-0.2, 0) is 0 Å². The molecule has 0 bridgehead atoms. The summed E-state index contributed by atoms with van der Waals surface area (Å²) in [4.78, 5) is 7.91. The van der Waals surface area contributed by atoms with Gasteiger partial charge in [0, 0.05) is 13.1 Å². The van der Waals surface area contributed by atoms with Gasteiger partial charge in [0.25, 0.3) is 0 Å². The van der Waals surface area contributed by atoms with Crippen LogP contribution >= 0.6 is 0 Å². The maximum absolute atomic E-state index is 5.50. The van der Waals surface area contributed by atoms with Gasteiger partial charge in [-0.2, -0.15) is 9.97 Å². The van der Waals surface area contributed by atoms with Crippen molar-refractivity contribution in [2.45, 2.75) is 13.8 Å². The van der Waals surface area contributed by atoms with E-state index in [0.717, 1.165) is 0 Å². The van der Waals surface area contributed by atoms with Gasteiger partial charge in [-0.15, -0.1) is 0 Å². The minimum Gasteiger partial charge on any atom is -0.477 e. The molecule has 0 aliphatic rings. The number of anilines is 2. The van der Waals surface area contributed by atoms with Crippen LogP contribution in [-0.4, -0.2) is 23.6 Å². The fourth-order valence-electron chi connectivity index (χ4n) is 0.897. The fraction of sp³-hybridized carbons (Fsp3) is 0.556. The fourth-order valence-corrected chi connectivity index (χ4v) is 0.897. The molecule has 0 radical (unpaired) electrons. The van der Waals surface area contributed by atoms with E-state index < -0.39 is 0 Å². The van der Waals surface area contributed by atoms with Gasteiger partial charge in [0.15, 0.2) is 0 Å². The lowest BCUT2D eigenvalue weighted by molar-refractivity contribution is 0.261. The first kappa shape index (κ1) is 10.6. The van der Waals surface area contributed by atoms with E-state index in [1.54, 1.807) is 13.1 Å². The van der Waals surface area contributed by atoms with Crippen molar-refractivity contribution in [3.05, 3.63) is 6.07 Å². The van der Waals surface area contributed by atoms with Crippen LogP contribution in [0.1, 0.15) is 13.8 Å². The van der Waals surface area contributed by atoms with Gasteiger partial charge in [0.05, 0.1) is 6.61 Å². The number of nitrogens with zero attached hydrogens (tertiary/aromatic N) is 2. The number of hydrogen-bond acceptors (Lipinski definition) is 5. The van der Waals surface area contributed by atoms with Crippen molar-refractivity contribution >= 4 is 11.8 Å². The first-order chi connectivity index (χ1) is 6.61. The second kappa shape index (κ2) is 4.64. The van der Waals surface area contributed by atoms with E-state index in [2.05, 4.69) is 29.1 Å². The van der Waals surface area contributed by atoms with Gasteiger partial charge in [-0.1, -0.05) is 13.8 Å². The van der Waals surface area contributed by atoms with Crippen molar-refractivity contribution in [3.8, 4) is 5.88 Å². The summed E-state index contributed by atoms with van der Waals surface area (Å²) in [6.45, 7) is 4.77. The Morgan fingerprint density at radius 3 is 2.79 bits per heavy atom. The molecule has 78 valence electrons. The van der Waals surface area contributed by atoms with Crippen LogP contribution in [0.15, 0.2) is 6.07 Å². The highest BCUT2D eigenvalue weighted by Crippen LogP contribution is 2.14. The first-order valence-electron chi connectivity index (χ1n) is 4.57. The monoisotopic (exact) mass is 196 g/mol. The Morgan fingerprint density at radius 1 is 1.50 bits per heavy atom. The highest BCUT2D eigenvalue weighted by Gasteiger charge is 2.02. The quantitative estimate of drug-likeness (QED) is 0.755. The molecule has 1 aromatic rings. The van der Waals surface area contributed by atoms with E-state index in [0.29, 0.717) is 24.2 Å². The molecule has 0 amide bonds. The van der Waals surface area contributed by atoms with Crippen LogP contribution in [0.5, 0.6) is 5.88 Å². The Morgan fingerprint density at radius 2 is 2.21 bits per heavy atom. The molecular formula is C9H16N4O. The standard InChI is InChI=1S/C9H16N4O/c1-6(2)5-14-8-4-7(11-3)12-9(10)13-8/h4,6H,5H2,1-3H3,(H3,10,11,12,13). The summed E-state index contributed by atoms with van der Waals surface area (Å²) in [6, 6.07) is 1.72. The van der Waals surface area contributed by atoms with E-state index in [1.807, 2.05) is 0 Å². The van der Waals surface area contributed by atoms with E-state index in [1.165, 1.54) is 0 Å². The predicted octanol–water partition coefficient (Wildman–Crippen LogP) is 1.14. The van der Waals surface area contributed by atoms with Crippen LogP contribution in [0.2, 0.25) is 0 Å². The third-order valence-corrected chi connectivity index (χ3v) is 1.54. The Hall–Kier alpha value is -1.52. The van der Waals surface area contributed by atoms with Crippen LogP contribution in [0.3, 0.4) is 0 Å². The van der Waals surface area contributed by atoms with Crippen molar-refractivity contribution in [2.24, 2.45) is 5.92 Å². The zero-order valence-electron chi connectivity index (χ0n) is 8.74. The minimum absolute atomic E-state index is 0.218. The average Bonchev–Trinajstić information content (AvgIpc) is 2.14. The lowest BCUT2D eigenvalue weighted by Gasteiger charge is -2.09. The summed E-state index contributed by atoms with van der Waals surface area (Å²) in [5.74, 6) is 1.85. The highest BCUT2D eigenvalue weighted by molar-refractivity contribution is 5.41. The molecule has 0 fully saturated rings. The first-order valence-corrected chi connectivity index (χ1v) is 4.57. The zero-order valence-corrected chi connectivity index (χ0v) is 8.74. The van der Waals surface area contributed by atoms with Crippen LogP contribution in [0.4, 0.5) is 11.8 Å². The average molecular weight is 196 g/mol. The molecule has 5 nitrogen and oxygen atoms in total. The van der Waals surface area contributed by atoms with Crippen LogP contribution in [0, 0.1) is 5.92 Å². The number of hydrogen-bond donors (Lipinski definition) is 2. The molecule has 0 aliphatic carbocycles. The SMILES string of the molecule is CNc1cc(OCC(C)C)nc(N)n1. The van der Waals surface area contributed by atoms with E-state index in [9.17, 15) is 0 Å². The molecule has 0 saturated carbocycles. The molecule has 1 rings (SSSR count). The second-order valence-corrected chi connectivity index (χ2v) is 3.40. The molecule has 14 heavy (non-hydrogen) atoms. The number of rotatable bonds is 4. The van der Waals surface area contributed by atoms with E-state index in [-0.39, 0.29) is 5.95 Å². The number of aromatic nitrogens is 2. The Kier molecular flexibility index (Phi) is 3.50. The summed E-state index contributed by atoms with van der Waals surface area (Å²) in [5.41, 5.74) is 5.50. The zero-order chi connectivity index (χ0) is 10.6. The summed E-state index contributed by atoms with van der Waals surface area (Å²) in [5, 5.41) is 2.88. The van der Waals surface area contributed by atoms with Gasteiger partial charge >= 0.3 is 0 Å². The summed E-state index contributed by atoms with van der Waals surface area (Å²) < 4.78 is 5.42. The molecule has 3 N–H and O–H groups in total. The smallest absolute Gasteiger partial charge is 0.225 e. The minimum atomic E-state index is 0.218. The van der Waals surface area contributed by atoms with E-state index in [4.69, 9.17) is 10.5 Å². The van der Waals surface area contributed by atoms with E-state index >= 15 is 0 Å². The maximum atomic E-state index is 5.50. The number of nitrogens with one attached hydrogen (secondary N) is 1. The molecule has 0 atom stereocenters. The lowest BCUT2D eigenvalue weighted by Crippen LogP contribution is -2.08. The van der Waals surface area contributed by atoms with Gasteiger partial charge < -0.3 is 15.8 Å². The van der Waals surface area contributed by atoms with Crippen molar-refractivity contribution in [1.29, 1.82) is 0 Å². The third kappa shape index (κ3) is 3.08. The van der Waals surface area contributed by atoms with Crippen LogP contribution in [0.25, 0.3) is 0 Å². The molecule has 1 heterocycles. The van der Waals surface area contributed by atoms with Gasteiger partial charge in [0.1, 0.15) is 5.82 Å². The molecule has 0 unspecified atom stereocenters. The molecule has 0 spiro atoms. The van der Waals surface area contributed by atoms with Crippen molar-refractivity contribution < 1.29 is 4.74 Å². The lowest BCUT2D eigenvalue weighted by atomic mass is 10.2. The third-order valence-electron chi connectivity index (χ3n) is 1.54. The molecule has 0 saturated heterocycles. The normalized spacial score (nSPS) is 10.3. The van der Waals surface area contributed by atoms with Gasteiger partial charge in [-0.3, -0.25) is 0 Å². The largest absolute Gasteiger partial charge is 0.477 e. The highest BCUT2D eigenvalue weighted by atomic mass is 16.5. The molecule has 0 aliphatic heterocycles. The maximum Gasteiger partial charge on any atom is 0.225 e. The molecule has 5 heteroatoms. The number of nitrogen functional groups attached to an aromatic ring is 1. The topological polar surface area (TPSA) is 73.1 Å². The van der Waals surface area contributed by atoms with Gasteiger partial charge in [-0.05, 0) is 5.92 Å². The number of ether oxygens (including phenoxy) is 1. The van der Waals surface area contributed by atoms with Gasteiger partial charge in [-0.25, -0.2) is 0 Å². The summed E-state index contributed by atoms with van der Waals surface area (Å²) >= 11 is 0. The van der Waals surface area contributed by atoms with Gasteiger partial charge in [0.2, 0.25) is 11.8 Å². The number of nitrogens with two attached hydrogens (primary N) is 1. The molecular weight excluding hydrogens is 180 g/mol. The van der Waals surface area contributed by atoms with Crippen molar-refractivity contribution in [2.75, 3.05) is 24.7 Å². The predicted molar refractivity (Wildman–Crippen MR) is 56.3 cm³/mol. The molecule has 0 aromatic carbocycles. The Bertz CT molecular complexity index is 301. The second-order valence-electron chi connectivity index (χ2n) is 3.40. The Labute approximate surface area is 83.7 Å².